The molecule has 0 saturated carbocycles. The number of hydrogen-bond donors (Lipinski definition) is 1. The first-order valence-electron chi connectivity index (χ1n) is 4.85. The van der Waals surface area contributed by atoms with Crippen molar-refractivity contribution in [3.8, 4) is 11.5 Å². The van der Waals surface area contributed by atoms with Crippen LogP contribution < -0.4 is 15.2 Å². The van der Waals surface area contributed by atoms with E-state index in [0.29, 0.717) is 30.0 Å². The van der Waals surface area contributed by atoms with Crippen molar-refractivity contribution in [3.63, 3.8) is 0 Å². The van der Waals surface area contributed by atoms with Crippen molar-refractivity contribution < 1.29 is 17.9 Å². The quantitative estimate of drug-likeness (QED) is 0.827. The Morgan fingerprint density at radius 3 is 2.75 bits per heavy atom. The van der Waals surface area contributed by atoms with E-state index >= 15 is 0 Å². The molecule has 16 heavy (non-hydrogen) atoms. The molecule has 2 rings (SSSR count). The third kappa shape index (κ3) is 1.85. The van der Waals surface area contributed by atoms with Crippen molar-refractivity contribution in [2.45, 2.75) is 11.3 Å². The number of hydrogen-bond acceptors (Lipinski definition) is 5. The molecule has 2 N–H and O–H groups in total. The molecule has 0 radical (unpaired) electrons. The highest BCUT2D eigenvalue weighted by molar-refractivity contribution is 7.90. The summed E-state index contributed by atoms with van der Waals surface area (Å²) < 4.78 is 33.8. The lowest BCUT2D eigenvalue weighted by atomic mass is 10.1. The minimum Gasteiger partial charge on any atom is -0.454 e. The van der Waals surface area contributed by atoms with Crippen LogP contribution in [0.5, 0.6) is 11.5 Å². The smallest absolute Gasteiger partial charge is 0.231 e. The molecule has 0 amide bonds. The Labute approximate surface area is 94.1 Å². The van der Waals surface area contributed by atoms with E-state index in [-0.39, 0.29) is 11.7 Å². The molecule has 1 aliphatic rings. The predicted octanol–water partition coefficient (Wildman–Crippen LogP) is 0.320. The van der Waals surface area contributed by atoms with Crippen LogP contribution >= 0.6 is 0 Å². The summed E-state index contributed by atoms with van der Waals surface area (Å²) in [7, 11) is -3.34. The van der Waals surface area contributed by atoms with Crippen molar-refractivity contribution >= 4 is 9.84 Å². The maximum absolute atomic E-state index is 11.7. The largest absolute Gasteiger partial charge is 0.454 e. The van der Waals surface area contributed by atoms with Gasteiger partial charge in [-0.3, -0.25) is 0 Å². The first-order valence-corrected chi connectivity index (χ1v) is 6.75. The van der Waals surface area contributed by atoms with Gasteiger partial charge in [0.15, 0.2) is 21.3 Å². The van der Waals surface area contributed by atoms with E-state index in [0.717, 1.165) is 6.26 Å². The molecule has 0 aromatic heterocycles. The fourth-order valence-electron chi connectivity index (χ4n) is 1.75. The molecule has 0 bridgehead atoms. The van der Waals surface area contributed by atoms with Crippen LogP contribution in [0.1, 0.15) is 5.56 Å². The number of nitrogens with two attached hydrogens (primary N) is 1. The summed E-state index contributed by atoms with van der Waals surface area (Å²) in [5, 5.41) is 0. The zero-order valence-corrected chi connectivity index (χ0v) is 9.71. The van der Waals surface area contributed by atoms with Gasteiger partial charge >= 0.3 is 0 Å². The van der Waals surface area contributed by atoms with Gasteiger partial charge in [-0.05, 0) is 24.6 Å². The van der Waals surface area contributed by atoms with Crippen molar-refractivity contribution in [2.24, 2.45) is 5.73 Å². The highest BCUT2D eigenvalue weighted by atomic mass is 32.2. The van der Waals surface area contributed by atoms with Gasteiger partial charge in [0.25, 0.3) is 0 Å². The Morgan fingerprint density at radius 1 is 1.38 bits per heavy atom. The van der Waals surface area contributed by atoms with Crippen LogP contribution in [0.2, 0.25) is 0 Å². The zero-order chi connectivity index (χ0) is 11.8. The SMILES string of the molecule is CS(=O)(=O)c1c(CCN)ccc2c1OCO2. The van der Waals surface area contributed by atoms with Gasteiger partial charge in [0.1, 0.15) is 4.90 Å². The lowest BCUT2D eigenvalue weighted by Gasteiger charge is -2.09. The summed E-state index contributed by atoms with van der Waals surface area (Å²) in [4.78, 5) is 0.202. The second-order valence-corrected chi connectivity index (χ2v) is 5.55. The van der Waals surface area contributed by atoms with Crippen LogP contribution in [-0.2, 0) is 16.3 Å². The van der Waals surface area contributed by atoms with Crippen molar-refractivity contribution in [2.75, 3.05) is 19.6 Å². The molecule has 0 aliphatic carbocycles. The van der Waals surface area contributed by atoms with Gasteiger partial charge < -0.3 is 15.2 Å². The van der Waals surface area contributed by atoms with E-state index in [2.05, 4.69) is 0 Å². The molecule has 0 atom stereocenters. The summed E-state index contributed by atoms with van der Waals surface area (Å²) in [5.41, 5.74) is 6.13. The molecule has 6 heteroatoms. The minimum absolute atomic E-state index is 0.0595. The summed E-state index contributed by atoms with van der Waals surface area (Å²) >= 11 is 0. The van der Waals surface area contributed by atoms with Crippen LogP contribution in [0, 0.1) is 0 Å². The Morgan fingerprint density at radius 2 is 2.12 bits per heavy atom. The van der Waals surface area contributed by atoms with E-state index in [4.69, 9.17) is 15.2 Å². The summed E-state index contributed by atoms with van der Waals surface area (Å²) in [6, 6.07) is 3.43. The molecule has 0 fully saturated rings. The lowest BCUT2D eigenvalue weighted by molar-refractivity contribution is 0.172. The molecule has 1 aromatic rings. The van der Waals surface area contributed by atoms with E-state index < -0.39 is 9.84 Å². The Hall–Kier alpha value is -1.27. The third-order valence-corrected chi connectivity index (χ3v) is 3.55. The molecule has 1 aromatic carbocycles. The van der Waals surface area contributed by atoms with Crippen LogP contribution in [0.4, 0.5) is 0 Å². The Bertz CT molecular complexity index is 510. The van der Waals surface area contributed by atoms with Gasteiger partial charge in [-0.2, -0.15) is 0 Å². The van der Waals surface area contributed by atoms with Crippen molar-refractivity contribution in [1.29, 1.82) is 0 Å². The van der Waals surface area contributed by atoms with Gasteiger partial charge in [0, 0.05) is 6.26 Å². The highest BCUT2D eigenvalue weighted by Crippen LogP contribution is 2.40. The molecule has 1 heterocycles. The normalized spacial score (nSPS) is 14.1. The van der Waals surface area contributed by atoms with Gasteiger partial charge in [-0.25, -0.2) is 8.42 Å². The van der Waals surface area contributed by atoms with E-state index in [9.17, 15) is 8.42 Å². The predicted molar refractivity (Wildman–Crippen MR) is 58.4 cm³/mol. The van der Waals surface area contributed by atoms with Gasteiger partial charge in [0.2, 0.25) is 6.79 Å². The molecule has 88 valence electrons. The standard InChI is InChI=1S/C10H13NO4S/c1-16(12,13)10-7(4-5-11)2-3-8-9(10)15-6-14-8/h2-3H,4-6,11H2,1H3. The van der Waals surface area contributed by atoms with E-state index in [1.54, 1.807) is 12.1 Å². The van der Waals surface area contributed by atoms with Crippen LogP contribution in [0.25, 0.3) is 0 Å². The second kappa shape index (κ2) is 3.95. The first-order chi connectivity index (χ1) is 7.54. The molecule has 0 spiro atoms. The Balaban J connectivity index is 2.65. The number of benzene rings is 1. The highest BCUT2D eigenvalue weighted by Gasteiger charge is 2.26. The maximum atomic E-state index is 11.7. The number of fused-ring (bicyclic) bond motifs is 1. The van der Waals surface area contributed by atoms with Crippen molar-refractivity contribution in [1.82, 2.24) is 0 Å². The second-order valence-electron chi connectivity index (χ2n) is 3.60. The average Bonchev–Trinajstić information content (AvgIpc) is 2.63. The van der Waals surface area contributed by atoms with E-state index in [1.165, 1.54) is 0 Å². The summed E-state index contributed by atoms with van der Waals surface area (Å²) in [5.74, 6) is 0.787. The monoisotopic (exact) mass is 243 g/mol. The number of ether oxygens (including phenoxy) is 2. The summed E-state index contributed by atoms with van der Waals surface area (Å²) in [6.45, 7) is 0.450. The van der Waals surface area contributed by atoms with Crippen molar-refractivity contribution in [3.05, 3.63) is 17.7 Å². The zero-order valence-electron chi connectivity index (χ0n) is 8.89. The number of sulfone groups is 1. The van der Waals surface area contributed by atoms with Gasteiger partial charge in [-0.15, -0.1) is 0 Å². The minimum atomic E-state index is -3.34. The molecule has 0 saturated heterocycles. The summed E-state index contributed by atoms with van der Waals surface area (Å²) in [6.07, 6.45) is 1.66. The molecule has 0 unspecified atom stereocenters. The lowest BCUT2D eigenvalue weighted by Crippen LogP contribution is -2.09. The topological polar surface area (TPSA) is 78.6 Å². The third-order valence-electron chi connectivity index (χ3n) is 2.36. The first kappa shape index (κ1) is 11.2. The van der Waals surface area contributed by atoms with Gasteiger partial charge in [0.05, 0.1) is 0 Å². The van der Waals surface area contributed by atoms with Crippen LogP contribution in [0.15, 0.2) is 17.0 Å². The molecule has 5 nitrogen and oxygen atoms in total. The van der Waals surface area contributed by atoms with Crippen LogP contribution in [0.3, 0.4) is 0 Å². The molecular formula is C10H13NO4S. The number of rotatable bonds is 3. The van der Waals surface area contributed by atoms with Crippen LogP contribution in [-0.4, -0.2) is 28.0 Å². The maximum Gasteiger partial charge on any atom is 0.231 e. The Kier molecular flexibility index (Phi) is 2.77. The fourth-order valence-corrected chi connectivity index (χ4v) is 2.89. The molecular weight excluding hydrogens is 230 g/mol. The van der Waals surface area contributed by atoms with E-state index in [1.807, 2.05) is 0 Å². The average molecular weight is 243 g/mol. The molecule has 1 aliphatic heterocycles. The van der Waals surface area contributed by atoms with Gasteiger partial charge in [-0.1, -0.05) is 6.07 Å². The fraction of sp³-hybridized carbons (Fsp3) is 0.400.